The summed E-state index contributed by atoms with van der Waals surface area (Å²) >= 11 is 4.99. The summed E-state index contributed by atoms with van der Waals surface area (Å²) in [5.41, 5.74) is 4.96. The largest absolute Gasteiger partial charge is 0.392 e. The molecule has 0 aliphatic carbocycles. The maximum atomic E-state index is 12.1. The van der Waals surface area contributed by atoms with Gasteiger partial charge in [0.05, 0.1) is 10.4 Å². The van der Waals surface area contributed by atoms with Crippen LogP contribution in [0.25, 0.3) is 0 Å². The Hall–Kier alpha value is -0.640. The summed E-state index contributed by atoms with van der Waals surface area (Å²) in [7, 11) is 0. The van der Waals surface area contributed by atoms with E-state index >= 15 is 0 Å². The molecular formula is C16H32N2OS. The van der Waals surface area contributed by atoms with Crippen molar-refractivity contribution in [1.82, 2.24) is 5.32 Å². The van der Waals surface area contributed by atoms with E-state index in [2.05, 4.69) is 12.2 Å². The third kappa shape index (κ3) is 7.22. The fourth-order valence-electron chi connectivity index (χ4n) is 2.10. The Morgan fingerprint density at radius 3 is 2.00 bits per heavy atom. The first-order chi connectivity index (χ1) is 9.49. The topological polar surface area (TPSA) is 55.1 Å². The van der Waals surface area contributed by atoms with E-state index in [1.165, 1.54) is 44.9 Å². The molecule has 0 aliphatic heterocycles. The van der Waals surface area contributed by atoms with E-state index in [1.807, 2.05) is 13.8 Å². The number of carbonyl (C=O) groups excluding carboxylic acids is 1. The Kier molecular flexibility index (Phi) is 10.7. The van der Waals surface area contributed by atoms with Crippen LogP contribution in [0.15, 0.2) is 0 Å². The van der Waals surface area contributed by atoms with E-state index in [9.17, 15) is 4.79 Å². The average molecular weight is 301 g/mol. The third-order valence-corrected chi connectivity index (χ3v) is 4.52. The van der Waals surface area contributed by atoms with Crippen LogP contribution in [0.1, 0.15) is 78.6 Å². The first-order valence-electron chi connectivity index (χ1n) is 8.07. The van der Waals surface area contributed by atoms with Crippen LogP contribution in [0, 0.1) is 5.41 Å². The van der Waals surface area contributed by atoms with Crippen molar-refractivity contribution in [1.29, 1.82) is 0 Å². The summed E-state index contributed by atoms with van der Waals surface area (Å²) in [4.78, 5) is 12.4. The monoisotopic (exact) mass is 300 g/mol. The predicted molar refractivity (Wildman–Crippen MR) is 90.8 cm³/mol. The lowest BCUT2D eigenvalue weighted by molar-refractivity contribution is -0.126. The molecule has 20 heavy (non-hydrogen) atoms. The van der Waals surface area contributed by atoms with E-state index in [1.54, 1.807) is 0 Å². The molecule has 0 heterocycles. The number of hydrogen-bond acceptors (Lipinski definition) is 2. The number of nitrogens with one attached hydrogen (secondary N) is 1. The SMILES string of the molecule is CCCCCCCCCCNC(=O)C(C)(CC)C(N)=S. The summed E-state index contributed by atoms with van der Waals surface area (Å²) in [6, 6.07) is 0. The van der Waals surface area contributed by atoms with Crippen LogP contribution in [-0.4, -0.2) is 17.4 Å². The second-order valence-electron chi connectivity index (χ2n) is 5.78. The molecule has 0 spiro atoms. The van der Waals surface area contributed by atoms with Gasteiger partial charge in [-0.1, -0.05) is 71.0 Å². The molecule has 0 radical (unpaired) electrons. The van der Waals surface area contributed by atoms with Crippen molar-refractivity contribution >= 4 is 23.1 Å². The molecule has 1 unspecified atom stereocenters. The highest BCUT2D eigenvalue weighted by Crippen LogP contribution is 2.21. The summed E-state index contributed by atoms with van der Waals surface area (Å²) < 4.78 is 0. The molecule has 118 valence electrons. The van der Waals surface area contributed by atoms with Crippen LogP contribution in [0.3, 0.4) is 0 Å². The highest BCUT2D eigenvalue weighted by atomic mass is 32.1. The molecule has 3 N–H and O–H groups in total. The smallest absolute Gasteiger partial charge is 0.232 e. The molecule has 0 bridgehead atoms. The van der Waals surface area contributed by atoms with Gasteiger partial charge in [0.25, 0.3) is 0 Å². The second kappa shape index (κ2) is 11.1. The maximum Gasteiger partial charge on any atom is 0.232 e. The Morgan fingerprint density at radius 1 is 1.05 bits per heavy atom. The highest BCUT2D eigenvalue weighted by Gasteiger charge is 2.33. The van der Waals surface area contributed by atoms with Gasteiger partial charge in [0.15, 0.2) is 0 Å². The fraction of sp³-hybridized carbons (Fsp3) is 0.875. The first kappa shape index (κ1) is 19.4. The molecule has 0 aromatic carbocycles. The Bertz CT molecular complexity index is 294. The summed E-state index contributed by atoms with van der Waals surface area (Å²) in [5.74, 6) is -0.0320. The van der Waals surface area contributed by atoms with Crippen LogP contribution >= 0.6 is 12.2 Å². The number of amides is 1. The average Bonchev–Trinajstić information content (AvgIpc) is 2.44. The van der Waals surface area contributed by atoms with E-state index in [-0.39, 0.29) is 10.9 Å². The summed E-state index contributed by atoms with van der Waals surface area (Å²) in [6.07, 6.45) is 10.8. The molecule has 0 saturated heterocycles. The van der Waals surface area contributed by atoms with Crippen molar-refractivity contribution in [3.63, 3.8) is 0 Å². The molecule has 1 amide bonds. The quantitative estimate of drug-likeness (QED) is 0.424. The first-order valence-corrected chi connectivity index (χ1v) is 8.48. The molecular weight excluding hydrogens is 268 g/mol. The van der Waals surface area contributed by atoms with Gasteiger partial charge >= 0.3 is 0 Å². The highest BCUT2D eigenvalue weighted by molar-refractivity contribution is 7.80. The van der Waals surface area contributed by atoms with Gasteiger partial charge in [0, 0.05) is 6.54 Å². The van der Waals surface area contributed by atoms with Gasteiger partial charge < -0.3 is 11.1 Å². The van der Waals surface area contributed by atoms with Crippen molar-refractivity contribution in [2.24, 2.45) is 11.1 Å². The van der Waals surface area contributed by atoms with Crippen LogP contribution < -0.4 is 11.1 Å². The van der Waals surface area contributed by atoms with Crippen LogP contribution in [0.4, 0.5) is 0 Å². The zero-order chi connectivity index (χ0) is 15.4. The van der Waals surface area contributed by atoms with E-state index in [4.69, 9.17) is 18.0 Å². The molecule has 0 aromatic rings. The number of rotatable bonds is 12. The van der Waals surface area contributed by atoms with E-state index < -0.39 is 5.41 Å². The fourth-order valence-corrected chi connectivity index (χ4v) is 2.34. The van der Waals surface area contributed by atoms with Gasteiger partial charge in [0.1, 0.15) is 0 Å². The molecule has 1 atom stereocenters. The Morgan fingerprint density at radius 2 is 1.55 bits per heavy atom. The van der Waals surface area contributed by atoms with Crippen molar-refractivity contribution in [3.8, 4) is 0 Å². The molecule has 3 nitrogen and oxygen atoms in total. The van der Waals surface area contributed by atoms with Gasteiger partial charge in [-0.15, -0.1) is 0 Å². The molecule has 0 rings (SSSR count). The molecule has 0 aliphatic rings. The summed E-state index contributed by atoms with van der Waals surface area (Å²) in [5, 5.41) is 2.96. The minimum Gasteiger partial charge on any atom is -0.392 e. The second-order valence-corrected chi connectivity index (χ2v) is 6.22. The minimum atomic E-state index is -0.699. The minimum absolute atomic E-state index is 0.0320. The van der Waals surface area contributed by atoms with Crippen LogP contribution in [0.5, 0.6) is 0 Å². The molecule has 4 heteroatoms. The lowest BCUT2D eigenvalue weighted by Crippen LogP contribution is -2.46. The van der Waals surface area contributed by atoms with Gasteiger partial charge in [0.2, 0.25) is 5.91 Å². The van der Waals surface area contributed by atoms with Gasteiger partial charge in [-0.3, -0.25) is 4.79 Å². The standard InChI is InChI=1S/C16H32N2OS/c1-4-6-7-8-9-10-11-12-13-18-15(19)16(3,5-2)14(17)20/h4-13H2,1-3H3,(H2,17,20)(H,18,19). The van der Waals surface area contributed by atoms with Crippen molar-refractivity contribution in [2.45, 2.75) is 78.6 Å². The van der Waals surface area contributed by atoms with Gasteiger partial charge in [-0.2, -0.15) is 0 Å². The molecule has 0 saturated carbocycles. The number of nitrogens with two attached hydrogens (primary N) is 1. The molecule has 0 aromatic heterocycles. The van der Waals surface area contributed by atoms with Crippen LogP contribution in [-0.2, 0) is 4.79 Å². The maximum absolute atomic E-state index is 12.1. The van der Waals surface area contributed by atoms with E-state index in [0.717, 1.165) is 13.0 Å². The predicted octanol–water partition coefficient (Wildman–Crippen LogP) is 3.95. The lowest BCUT2D eigenvalue weighted by Gasteiger charge is -2.25. The van der Waals surface area contributed by atoms with Crippen molar-refractivity contribution in [3.05, 3.63) is 0 Å². The Labute approximate surface area is 130 Å². The van der Waals surface area contributed by atoms with Crippen molar-refractivity contribution in [2.75, 3.05) is 6.54 Å². The van der Waals surface area contributed by atoms with Gasteiger partial charge in [-0.25, -0.2) is 0 Å². The summed E-state index contributed by atoms with van der Waals surface area (Å²) in [6.45, 7) is 6.72. The number of carbonyl (C=O) groups is 1. The van der Waals surface area contributed by atoms with Gasteiger partial charge in [-0.05, 0) is 19.8 Å². The number of hydrogen-bond donors (Lipinski definition) is 2. The number of thiocarbonyl (C=S) groups is 1. The molecule has 0 fully saturated rings. The van der Waals surface area contributed by atoms with Crippen molar-refractivity contribution < 1.29 is 4.79 Å². The zero-order valence-corrected chi connectivity index (χ0v) is 14.3. The lowest BCUT2D eigenvalue weighted by atomic mass is 9.86. The number of unbranched alkanes of at least 4 members (excludes halogenated alkanes) is 7. The Balaban J connectivity index is 3.65. The zero-order valence-electron chi connectivity index (χ0n) is 13.5. The van der Waals surface area contributed by atoms with E-state index in [0.29, 0.717) is 6.42 Å². The normalized spacial score (nSPS) is 13.8. The van der Waals surface area contributed by atoms with Crippen LogP contribution in [0.2, 0.25) is 0 Å². The third-order valence-electron chi connectivity index (χ3n) is 4.07.